The fraction of sp³-hybridized carbons (Fsp3) is 0.286. The summed E-state index contributed by atoms with van der Waals surface area (Å²) in [5.74, 6) is 0.641. The Bertz CT molecular complexity index is 949. The molecule has 1 aliphatic heterocycles. The van der Waals surface area contributed by atoms with Gasteiger partial charge in [-0.15, -0.1) is 10.2 Å². The molecule has 1 aliphatic rings. The van der Waals surface area contributed by atoms with Crippen LogP contribution < -0.4 is 5.32 Å². The van der Waals surface area contributed by atoms with Gasteiger partial charge in [0.1, 0.15) is 0 Å². The van der Waals surface area contributed by atoms with E-state index in [0.717, 1.165) is 31.6 Å². The van der Waals surface area contributed by atoms with Gasteiger partial charge >= 0.3 is 0 Å². The summed E-state index contributed by atoms with van der Waals surface area (Å²) < 4.78 is 5.62. The second kappa shape index (κ2) is 9.43. The Kier molecular flexibility index (Phi) is 6.49. The Morgan fingerprint density at radius 1 is 1.17 bits per heavy atom. The summed E-state index contributed by atoms with van der Waals surface area (Å²) in [6, 6.07) is 17.7. The van der Waals surface area contributed by atoms with E-state index in [-0.39, 0.29) is 17.7 Å². The average molecular weight is 429 g/mol. The molecule has 3 aromatic rings. The summed E-state index contributed by atoms with van der Waals surface area (Å²) >= 11 is 7.13. The predicted octanol–water partition coefficient (Wildman–Crippen LogP) is 3.87. The first-order valence-electron chi connectivity index (χ1n) is 9.43. The van der Waals surface area contributed by atoms with Gasteiger partial charge < -0.3 is 9.73 Å². The van der Waals surface area contributed by atoms with Crippen molar-refractivity contribution in [3.8, 4) is 11.5 Å². The number of nitrogens with one attached hydrogen (secondary N) is 1. The van der Waals surface area contributed by atoms with Crippen LogP contribution in [0, 0.1) is 0 Å². The summed E-state index contributed by atoms with van der Waals surface area (Å²) in [6.07, 6.45) is 0.963. The lowest BCUT2D eigenvalue weighted by Gasteiger charge is -2.16. The van der Waals surface area contributed by atoms with Gasteiger partial charge in [-0.1, -0.05) is 53.7 Å². The Labute approximate surface area is 178 Å². The number of nitrogens with zero attached hydrogens (tertiary/aromatic N) is 3. The molecule has 0 saturated carbocycles. The van der Waals surface area contributed by atoms with Crippen LogP contribution in [0.5, 0.6) is 0 Å². The molecule has 2 heterocycles. The smallest absolute Gasteiger partial charge is 0.277 e. The predicted molar refractivity (Wildman–Crippen MR) is 114 cm³/mol. The van der Waals surface area contributed by atoms with Crippen molar-refractivity contribution < 1.29 is 9.21 Å². The first-order valence-corrected chi connectivity index (χ1v) is 10.8. The number of aromatic nitrogens is 2. The van der Waals surface area contributed by atoms with Gasteiger partial charge in [-0.25, -0.2) is 0 Å². The molecule has 0 spiro atoms. The molecule has 0 bridgehead atoms. The summed E-state index contributed by atoms with van der Waals surface area (Å²) in [5, 5.41) is 12.2. The van der Waals surface area contributed by atoms with E-state index in [1.165, 1.54) is 17.3 Å². The zero-order valence-corrected chi connectivity index (χ0v) is 17.3. The highest BCUT2D eigenvalue weighted by Gasteiger charge is 2.24. The Morgan fingerprint density at radius 3 is 2.76 bits per heavy atom. The molecule has 1 saturated heterocycles. The van der Waals surface area contributed by atoms with Crippen molar-refractivity contribution in [1.82, 2.24) is 20.4 Å². The number of rotatable bonds is 7. The normalized spacial score (nSPS) is 16.8. The zero-order chi connectivity index (χ0) is 20.1. The lowest BCUT2D eigenvalue weighted by Crippen LogP contribution is -2.37. The number of amides is 1. The van der Waals surface area contributed by atoms with Gasteiger partial charge in [-0.05, 0) is 36.2 Å². The van der Waals surface area contributed by atoms with Crippen LogP contribution >= 0.6 is 23.4 Å². The minimum atomic E-state index is -0.0206. The molecule has 29 heavy (non-hydrogen) atoms. The van der Waals surface area contributed by atoms with E-state index >= 15 is 0 Å². The number of halogens is 1. The molecular weight excluding hydrogens is 408 g/mol. The van der Waals surface area contributed by atoms with Crippen molar-refractivity contribution in [2.24, 2.45) is 0 Å². The first-order chi connectivity index (χ1) is 14.2. The largest absolute Gasteiger partial charge is 0.411 e. The third-order valence-electron chi connectivity index (χ3n) is 4.71. The molecule has 8 heteroatoms. The van der Waals surface area contributed by atoms with E-state index in [4.69, 9.17) is 16.0 Å². The summed E-state index contributed by atoms with van der Waals surface area (Å²) in [7, 11) is 0. The first kappa shape index (κ1) is 19.9. The highest BCUT2D eigenvalue weighted by atomic mass is 35.5. The van der Waals surface area contributed by atoms with Gasteiger partial charge in [0.2, 0.25) is 11.8 Å². The van der Waals surface area contributed by atoms with Crippen molar-refractivity contribution in [2.45, 2.75) is 24.2 Å². The van der Waals surface area contributed by atoms with Crippen LogP contribution in [0.25, 0.3) is 11.5 Å². The minimum Gasteiger partial charge on any atom is -0.411 e. The molecule has 0 unspecified atom stereocenters. The summed E-state index contributed by atoms with van der Waals surface area (Å²) in [6.45, 7) is 2.77. The number of hydrogen-bond acceptors (Lipinski definition) is 6. The summed E-state index contributed by atoms with van der Waals surface area (Å²) in [4.78, 5) is 14.7. The van der Waals surface area contributed by atoms with Gasteiger partial charge in [0, 0.05) is 36.3 Å². The minimum absolute atomic E-state index is 0.0206. The number of thioether (sulfide) groups is 1. The lowest BCUT2D eigenvalue weighted by molar-refractivity contribution is -0.119. The van der Waals surface area contributed by atoms with E-state index < -0.39 is 0 Å². The van der Waals surface area contributed by atoms with Crippen molar-refractivity contribution in [3.05, 3.63) is 65.2 Å². The van der Waals surface area contributed by atoms with E-state index in [1.54, 1.807) is 12.1 Å². The SMILES string of the molecule is O=C(CSc1nnc(-c2ccc(Cl)cc2)o1)N[C@H]1CCN(Cc2ccccc2)C1. The molecule has 0 radical (unpaired) electrons. The Balaban J connectivity index is 1.22. The van der Waals surface area contributed by atoms with E-state index in [1.807, 2.05) is 18.2 Å². The number of likely N-dealkylation sites (tertiary alicyclic amines) is 1. The van der Waals surface area contributed by atoms with Crippen molar-refractivity contribution in [2.75, 3.05) is 18.8 Å². The van der Waals surface area contributed by atoms with Crippen LogP contribution in [-0.4, -0.2) is 45.9 Å². The third-order valence-corrected chi connectivity index (χ3v) is 5.78. The fourth-order valence-electron chi connectivity index (χ4n) is 3.31. The maximum Gasteiger partial charge on any atom is 0.277 e. The number of carbonyl (C=O) groups is 1. The van der Waals surface area contributed by atoms with Crippen molar-refractivity contribution in [1.29, 1.82) is 0 Å². The fourth-order valence-corrected chi connectivity index (χ4v) is 4.01. The number of carbonyl (C=O) groups excluding carboxylic acids is 1. The summed E-state index contributed by atoms with van der Waals surface area (Å²) in [5.41, 5.74) is 2.09. The van der Waals surface area contributed by atoms with Gasteiger partial charge in [-0.3, -0.25) is 9.69 Å². The molecule has 6 nitrogen and oxygen atoms in total. The van der Waals surface area contributed by atoms with Crippen LogP contribution in [0.15, 0.2) is 64.2 Å². The Morgan fingerprint density at radius 2 is 1.97 bits per heavy atom. The van der Waals surface area contributed by atoms with Gasteiger partial charge in [-0.2, -0.15) is 0 Å². The molecule has 0 aliphatic carbocycles. The quantitative estimate of drug-likeness (QED) is 0.576. The van der Waals surface area contributed by atoms with Gasteiger partial charge in [0.25, 0.3) is 5.22 Å². The lowest BCUT2D eigenvalue weighted by atomic mass is 10.2. The van der Waals surface area contributed by atoms with E-state index in [0.29, 0.717) is 16.1 Å². The molecule has 1 amide bonds. The van der Waals surface area contributed by atoms with Crippen LogP contribution in [0.3, 0.4) is 0 Å². The molecule has 1 fully saturated rings. The van der Waals surface area contributed by atoms with Crippen molar-refractivity contribution in [3.63, 3.8) is 0 Å². The molecular formula is C21H21ClN4O2S. The highest BCUT2D eigenvalue weighted by molar-refractivity contribution is 7.99. The second-order valence-electron chi connectivity index (χ2n) is 6.94. The molecule has 1 aromatic heterocycles. The van der Waals surface area contributed by atoms with Crippen LogP contribution in [0.2, 0.25) is 5.02 Å². The average Bonchev–Trinajstić information content (AvgIpc) is 3.37. The van der Waals surface area contributed by atoms with Crippen LogP contribution in [-0.2, 0) is 11.3 Å². The highest BCUT2D eigenvalue weighted by Crippen LogP contribution is 2.24. The topological polar surface area (TPSA) is 71.3 Å². The number of benzene rings is 2. The molecule has 150 valence electrons. The maximum absolute atomic E-state index is 12.3. The van der Waals surface area contributed by atoms with Crippen LogP contribution in [0.1, 0.15) is 12.0 Å². The van der Waals surface area contributed by atoms with Crippen LogP contribution in [0.4, 0.5) is 0 Å². The molecule has 1 N–H and O–H groups in total. The molecule has 2 aromatic carbocycles. The van der Waals surface area contributed by atoms with E-state index in [2.05, 4.69) is 44.7 Å². The third kappa shape index (κ3) is 5.59. The van der Waals surface area contributed by atoms with Crippen molar-refractivity contribution >= 4 is 29.3 Å². The van der Waals surface area contributed by atoms with E-state index in [9.17, 15) is 4.79 Å². The van der Waals surface area contributed by atoms with Gasteiger partial charge in [0.05, 0.1) is 5.75 Å². The maximum atomic E-state index is 12.3. The number of hydrogen-bond donors (Lipinski definition) is 1. The zero-order valence-electron chi connectivity index (χ0n) is 15.8. The second-order valence-corrected chi connectivity index (χ2v) is 8.31. The standard InChI is InChI=1S/C21H21ClN4O2S/c22-17-8-6-16(7-9-17)20-24-25-21(28-20)29-14-19(27)23-18-10-11-26(13-18)12-15-4-2-1-3-5-15/h1-9,18H,10-14H2,(H,23,27)/t18-/m0/s1. The van der Waals surface area contributed by atoms with Gasteiger partial charge in [0.15, 0.2) is 0 Å². The molecule has 4 rings (SSSR count). The monoisotopic (exact) mass is 428 g/mol. The Hall–Kier alpha value is -2.35. The molecule has 1 atom stereocenters.